The summed E-state index contributed by atoms with van der Waals surface area (Å²) in [7, 11) is 0. The third kappa shape index (κ3) is 8.00. The van der Waals surface area contributed by atoms with Gasteiger partial charge in [-0.15, -0.1) is 10.2 Å². The first-order chi connectivity index (χ1) is 22.9. The highest BCUT2D eigenvalue weighted by molar-refractivity contribution is 6.32. The minimum atomic E-state index is -0.591. The molecule has 3 aromatic heterocycles. The number of hydrogen-bond acceptors (Lipinski definition) is 12. The first-order valence-corrected chi connectivity index (χ1v) is 16.8. The molecule has 0 unspecified atom stereocenters. The minimum absolute atomic E-state index is 0.210. The molecule has 2 saturated carbocycles. The number of hydrogen-bond donors (Lipinski definition) is 2. The van der Waals surface area contributed by atoms with E-state index in [1.165, 1.54) is 0 Å². The van der Waals surface area contributed by atoms with Crippen molar-refractivity contribution in [2.75, 3.05) is 38.2 Å². The third-order valence-corrected chi connectivity index (χ3v) is 9.57. The van der Waals surface area contributed by atoms with Crippen LogP contribution in [0.3, 0.4) is 0 Å². The van der Waals surface area contributed by atoms with Gasteiger partial charge in [0, 0.05) is 43.5 Å². The van der Waals surface area contributed by atoms with Crippen LogP contribution in [0.4, 0.5) is 11.6 Å². The molecule has 3 fully saturated rings. The Balaban J connectivity index is 1.02. The fourth-order valence-corrected chi connectivity index (χ4v) is 6.50. The van der Waals surface area contributed by atoms with Gasteiger partial charge in [0.25, 0.3) is 5.88 Å². The van der Waals surface area contributed by atoms with Gasteiger partial charge in [0.1, 0.15) is 23.9 Å². The van der Waals surface area contributed by atoms with Gasteiger partial charge in [-0.2, -0.15) is 0 Å². The van der Waals surface area contributed by atoms with E-state index in [4.69, 9.17) is 30.9 Å². The van der Waals surface area contributed by atoms with Crippen LogP contribution in [0.1, 0.15) is 57.9 Å². The zero-order chi connectivity index (χ0) is 32.2. The summed E-state index contributed by atoms with van der Waals surface area (Å²) >= 11 is 6.45. The SMILES string of the molecule is C[C@@H](Cn1cnnn1)Oc1cc(-c2cnc(Nc3cn([C@H]4CC[C@H](N5CCOCC5)CC4)nc3OCCC3(O)CC3)nc2)ccc1Cl. The molecule has 1 aromatic carbocycles. The van der Waals surface area contributed by atoms with Gasteiger partial charge >= 0.3 is 0 Å². The van der Waals surface area contributed by atoms with Gasteiger partial charge in [-0.3, -0.25) is 9.58 Å². The van der Waals surface area contributed by atoms with Crippen molar-refractivity contribution in [3.05, 3.63) is 48.1 Å². The second-order valence-electron chi connectivity index (χ2n) is 12.8. The monoisotopic (exact) mass is 664 g/mol. The molecular weight excluding hydrogens is 624 g/mol. The fourth-order valence-electron chi connectivity index (χ4n) is 6.33. The first-order valence-electron chi connectivity index (χ1n) is 16.4. The van der Waals surface area contributed by atoms with E-state index in [0.717, 1.165) is 76.0 Å². The summed E-state index contributed by atoms with van der Waals surface area (Å²) in [5, 5.41) is 30.2. The molecule has 2 N–H and O–H groups in total. The Morgan fingerprint density at radius 1 is 1.09 bits per heavy atom. The Morgan fingerprint density at radius 2 is 1.85 bits per heavy atom. The topological polar surface area (TPSA) is 150 Å². The number of aromatic nitrogens is 8. The van der Waals surface area contributed by atoms with Gasteiger partial charge in [0.05, 0.1) is 49.2 Å². The number of rotatable bonds is 13. The van der Waals surface area contributed by atoms with Gasteiger partial charge in [-0.05, 0) is 73.6 Å². The Labute approximate surface area is 278 Å². The summed E-state index contributed by atoms with van der Waals surface area (Å²) in [5.74, 6) is 1.47. The summed E-state index contributed by atoms with van der Waals surface area (Å²) in [4.78, 5) is 11.8. The first kappa shape index (κ1) is 31.7. The molecule has 0 spiro atoms. The van der Waals surface area contributed by atoms with Crippen LogP contribution in [0.5, 0.6) is 11.6 Å². The number of anilines is 2. The molecule has 14 nitrogen and oxygen atoms in total. The highest BCUT2D eigenvalue weighted by Gasteiger charge is 2.40. The average Bonchev–Trinajstić information content (AvgIpc) is 3.41. The normalized spacial score (nSPS) is 21.7. The molecule has 4 heterocycles. The van der Waals surface area contributed by atoms with Crippen molar-refractivity contribution >= 4 is 23.2 Å². The van der Waals surface area contributed by atoms with E-state index in [0.29, 0.717) is 53.9 Å². The van der Waals surface area contributed by atoms with Crippen LogP contribution in [0.25, 0.3) is 11.1 Å². The fraction of sp³-hybridized carbons (Fsp3) is 0.562. The van der Waals surface area contributed by atoms with E-state index in [1.807, 2.05) is 29.9 Å². The average molecular weight is 665 g/mol. The van der Waals surface area contributed by atoms with Crippen molar-refractivity contribution in [3.8, 4) is 22.8 Å². The van der Waals surface area contributed by atoms with E-state index < -0.39 is 5.60 Å². The molecule has 1 aliphatic heterocycles. The van der Waals surface area contributed by atoms with Crippen LogP contribution in [0, 0.1) is 0 Å². The number of tetrazole rings is 1. The number of morpholine rings is 1. The molecule has 0 amide bonds. The van der Waals surface area contributed by atoms with Crippen LogP contribution in [0.2, 0.25) is 5.02 Å². The summed E-state index contributed by atoms with van der Waals surface area (Å²) in [6, 6.07) is 6.48. The van der Waals surface area contributed by atoms with E-state index in [2.05, 4.69) is 35.7 Å². The summed E-state index contributed by atoms with van der Waals surface area (Å²) < 4.78 is 21.4. The van der Waals surface area contributed by atoms with Crippen LogP contribution < -0.4 is 14.8 Å². The number of nitrogens with zero attached hydrogens (tertiary/aromatic N) is 9. The summed E-state index contributed by atoms with van der Waals surface area (Å²) in [6.07, 6.45) is 13.4. The maximum absolute atomic E-state index is 10.3. The van der Waals surface area contributed by atoms with Crippen molar-refractivity contribution < 1.29 is 19.3 Å². The maximum atomic E-state index is 10.3. The van der Waals surface area contributed by atoms with Crippen molar-refractivity contribution in [1.29, 1.82) is 0 Å². The molecular formula is C32H41ClN10O4. The van der Waals surface area contributed by atoms with Crippen molar-refractivity contribution in [2.45, 2.75) is 82.2 Å². The lowest BCUT2D eigenvalue weighted by Gasteiger charge is -2.38. The molecule has 2 aliphatic carbocycles. The van der Waals surface area contributed by atoms with Crippen LogP contribution in [-0.4, -0.2) is 101 Å². The molecule has 15 heteroatoms. The van der Waals surface area contributed by atoms with Crippen LogP contribution in [-0.2, 0) is 11.3 Å². The zero-order valence-electron chi connectivity index (χ0n) is 26.5. The standard InChI is InChI=1S/C32H41ClN10O4/c1-22(19-42-21-36-39-40-42)47-29-16-23(2-7-27(29)33)24-17-34-31(35-18-24)37-28-20-43(38-30(28)46-13-10-32(44)8-9-32)26-5-3-25(4-6-26)41-11-14-45-15-12-41/h2,7,16-18,20-22,25-26,44H,3-6,8-15,19H2,1H3,(H,34,35,37)/t22-,25-,26-/m0/s1. The second-order valence-corrected chi connectivity index (χ2v) is 13.2. The number of ether oxygens (including phenoxy) is 3. The lowest BCUT2D eigenvalue weighted by molar-refractivity contribution is 0.00502. The maximum Gasteiger partial charge on any atom is 0.256 e. The quantitative estimate of drug-likeness (QED) is 0.210. The summed E-state index contributed by atoms with van der Waals surface area (Å²) in [5.41, 5.74) is 1.79. The van der Waals surface area contributed by atoms with Gasteiger partial charge in [0.2, 0.25) is 5.95 Å². The Kier molecular flexibility index (Phi) is 9.52. The number of nitrogens with one attached hydrogen (secondary N) is 1. The van der Waals surface area contributed by atoms with E-state index in [-0.39, 0.29) is 12.1 Å². The Hall–Kier alpha value is -3.85. The van der Waals surface area contributed by atoms with Crippen molar-refractivity contribution in [3.63, 3.8) is 0 Å². The van der Waals surface area contributed by atoms with E-state index >= 15 is 0 Å². The van der Waals surface area contributed by atoms with Gasteiger partial charge in [-0.25, -0.2) is 14.6 Å². The van der Waals surface area contributed by atoms with Crippen LogP contribution in [0.15, 0.2) is 43.1 Å². The molecule has 1 atom stereocenters. The molecule has 3 aliphatic rings. The predicted octanol–water partition coefficient (Wildman–Crippen LogP) is 4.30. The van der Waals surface area contributed by atoms with E-state index in [9.17, 15) is 5.11 Å². The molecule has 47 heavy (non-hydrogen) atoms. The molecule has 0 radical (unpaired) electrons. The summed E-state index contributed by atoms with van der Waals surface area (Å²) in [6.45, 7) is 6.49. The smallest absolute Gasteiger partial charge is 0.256 e. The number of aliphatic hydroxyl groups is 1. The zero-order valence-corrected chi connectivity index (χ0v) is 27.3. The lowest BCUT2D eigenvalue weighted by Crippen LogP contribution is -2.45. The van der Waals surface area contributed by atoms with Gasteiger partial charge < -0.3 is 24.6 Å². The Morgan fingerprint density at radius 3 is 2.57 bits per heavy atom. The van der Waals surface area contributed by atoms with Gasteiger partial charge in [-0.1, -0.05) is 17.7 Å². The van der Waals surface area contributed by atoms with E-state index in [1.54, 1.807) is 29.5 Å². The molecule has 7 rings (SSSR count). The van der Waals surface area contributed by atoms with Crippen molar-refractivity contribution in [1.82, 2.24) is 44.9 Å². The molecule has 4 aromatic rings. The lowest BCUT2D eigenvalue weighted by atomic mass is 9.90. The van der Waals surface area contributed by atoms with Gasteiger partial charge in [0.15, 0.2) is 0 Å². The number of halogens is 1. The Bertz CT molecular complexity index is 1600. The molecule has 1 saturated heterocycles. The second kappa shape index (κ2) is 14.1. The van der Waals surface area contributed by atoms with Crippen molar-refractivity contribution in [2.24, 2.45) is 0 Å². The molecule has 250 valence electrons. The third-order valence-electron chi connectivity index (χ3n) is 9.26. The molecule has 0 bridgehead atoms. The van der Waals surface area contributed by atoms with Crippen LogP contribution >= 0.6 is 11.6 Å². The minimum Gasteiger partial charge on any atom is -0.487 e. The highest BCUT2D eigenvalue weighted by Crippen LogP contribution is 2.39. The predicted molar refractivity (Wildman–Crippen MR) is 174 cm³/mol. The highest BCUT2D eigenvalue weighted by atomic mass is 35.5. The number of benzene rings is 1. The largest absolute Gasteiger partial charge is 0.487 e.